The van der Waals surface area contributed by atoms with Crippen LogP contribution < -0.4 is 0 Å². The number of carboxylic acids is 1. The smallest absolute Gasteiger partial charge is 0.308 e. The van der Waals surface area contributed by atoms with E-state index in [1.807, 2.05) is 0 Å². The maximum Gasteiger partial charge on any atom is 0.308 e. The summed E-state index contributed by atoms with van der Waals surface area (Å²) in [6.45, 7) is 4.16. The van der Waals surface area contributed by atoms with Crippen LogP contribution in [-0.4, -0.2) is 43.0 Å². The average Bonchev–Trinajstić information content (AvgIpc) is 2.81. The number of rotatable bonds is 5. The van der Waals surface area contributed by atoms with E-state index < -0.39 is 5.97 Å². The maximum absolute atomic E-state index is 11.4. The molecule has 2 fully saturated rings. The van der Waals surface area contributed by atoms with Crippen molar-refractivity contribution in [1.29, 1.82) is 0 Å². The van der Waals surface area contributed by atoms with Crippen LogP contribution in [0.1, 0.15) is 45.4 Å². The fourth-order valence-corrected chi connectivity index (χ4v) is 3.85. The van der Waals surface area contributed by atoms with Gasteiger partial charge in [-0.15, -0.1) is 0 Å². The fourth-order valence-electron chi connectivity index (χ4n) is 3.85. The third kappa shape index (κ3) is 3.74. The average molecular weight is 265 g/mol. The normalized spacial score (nSPS) is 36.5. The lowest BCUT2D eigenvalue weighted by Gasteiger charge is -2.33. The second kappa shape index (κ2) is 6.78. The zero-order valence-electron chi connectivity index (χ0n) is 12.5. The van der Waals surface area contributed by atoms with E-state index in [4.69, 9.17) is 0 Å². The molecule has 0 amide bonds. The number of hydrogen-bond acceptors (Lipinski definition) is 2. The molecule has 1 heterocycles. The van der Waals surface area contributed by atoms with Gasteiger partial charge in [0.1, 0.15) is 7.85 Å². The first-order chi connectivity index (χ1) is 9.11. The Morgan fingerprint density at radius 1 is 1.26 bits per heavy atom. The number of carbonyl (C=O) groups is 1. The molecule has 0 spiro atoms. The Kier molecular flexibility index (Phi) is 5.32. The summed E-state index contributed by atoms with van der Waals surface area (Å²) < 4.78 is 0. The van der Waals surface area contributed by atoms with E-state index in [-0.39, 0.29) is 5.92 Å². The number of aliphatic carboxylic acids is 1. The van der Waals surface area contributed by atoms with E-state index in [1.54, 1.807) is 0 Å². The summed E-state index contributed by atoms with van der Waals surface area (Å²) >= 11 is 0. The fraction of sp³-hybridized carbons (Fsp3) is 0.933. The van der Waals surface area contributed by atoms with Crippen molar-refractivity contribution in [3.05, 3.63) is 0 Å². The summed E-state index contributed by atoms with van der Waals surface area (Å²) in [4.78, 5) is 13.9. The second-order valence-electron chi connectivity index (χ2n) is 6.71. The third-order valence-corrected chi connectivity index (χ3v) is 5.22. The Bertz CT molecular complexity index is 303. The summed E-state index contributed by atoms with van der Waals surface area (Å²) in [6.07, 6.45) is 8.61. The van der Waals surface area contributed by atoms with E-state index in [0.29, 0.717) is 12.0 Å². The van der Waals surface area contributed by atoms with Crippen LogP contribution >= 0.6 is 0 Å². The molecule has 0 radical (unpaired) electrons. The highest BCUT2D eigenvalue weighted by atomic mass is 16.4. The highest BCUT2D eigenvalue weighted by molar-refractivity contribution is 6.08. The van der Waals surface area contributed by atoms with Gasteiger partial charge in [-0.1, -0.05) is 19.7 Å². The van der Waals surface area contributed by atoms with Gasteiger partial charge in [0.05, 0.1) is 5.92 Å². The minimum atomic E-state index is -0.576. The van der Waals surface area contributed by atoms with Crippen molar-refractivity contribution >= 4 is 13.8 Å². The third-order valence-electron chi connectivity index (χ3n) is 5.22. The molecule has 108 valence electrons. The Labute approximate surface area is 118 Å². The molecule has 19 heavy (non-hydrogen) atoms. The van der Waals surface area contributed by atoms with E-state index in [9.17, 15) is 9.90 Å². The van der Waals surface area contributed by atoms with Crippen molar-refractivity contribution in [2.75, 3.05) is 13.1 Å². The molecule has 0 aromatic heterocycles. The lowest BCUT2D eigenvalue weighted by molar-refractivity contribution is -0.142. The Morgan fingerprint density at radius 3 is 2.53 bits per heavy atom. The van der Waals surface area contributed by atoms with E-state index >= 15 is 0 Å². The highest BCUT2D eigenvalue weighted by Gasteiger charge is 2.40. The number of likely N-dealkylation sites (tertiary alicyclic amines) is 1. The summed E-state index contributed by atoms with van der Waals surface area (Å²) in [5.41, 5.74) is 0. The minimum Gasteiger partial charge on any atom is -0.481 e. The molecule has 0 aromatic rings. The number of hydrogen-bond donors (Lipinski definition) is 1. The first kappa shape index (κ1) is 14.9. The molecule has 0 aromatic carbocycles. The molecule has 1 N–H and O–H groups in total. The van der Waals surface area contributed by atoms with Crippen molar-refractivity contribution in [2.24, 2.45) is 17.8 Å². The van der Waals surface area contributed by atoms with Crippen molar-refractivity contribution in [1.82, 2.24) is 4.90 Å². The SMILES string of the molecule is BCCC[C@H]1CN(C2CCC(C)CC2)C[C@H]1C(=O)O. The summed E-state index contributed by atoms with van der Waals surface area (Å²) in [5, 5.41) is 9.41. The highest BCUT2D eigenvalue weighted by Crippen LogP contribution is 2.34. The molecule has 1 aliphatic carbocycles. The quantitative estimate of drug-likeness (QED) is 0.773. The molecule has 0 bridgehead atoms. The molecular formula is C15H28BNO2. The van der Waals surface area contributed by atoms with Crippen molar-refractivity contribution in [3.8, 4) is 0 Å². The predicted octanol–water partition coefficient (Wildman–Crippen LogP) is 2.03. The molecule has 2 aliphatic rings. The van der Waals surface area contributed by atoms with Gasteiger partial charge in [0.25, 0.3) is 0 Å². The van der Waals surface area contributed by atoms with Gasteiger partial charge in [-0.05, 0) is 43.9 Å². The van der Waals surface area contributed by atoms with Crippen molar-refractivity contribution in [2.45, 2.75) is 57.8 Å². The molecule has 3 nitrogen and oxygen atoms in total. The molecule has 2 rings (SSSR count). The topological polar surface area (TPSA) is 40.5 Å². The number of nitrogens with zero attached hydrogens (tertiary/aromatic N) is 1. The monoisotopic (exact) mass is 265 g/mol. The first-order valence-corrected chi connectivity index (χ1v) is 8.08. The van der Waals surface area contributed by atoms with Crippen LogP contribution in [0.5, 0.6) is 0 Å². The zero-order chi connectivity index (χ0) is 13.8. The molecule has 1 saturated carbocycles. The Morgan fingerprint density at radius 2 is 1.95 bits per heavy atom. The number of carboxylic acid groups (broad SMARTS) is 1. The van der Waals surface area contributed by atoms with Crippen molar-refractivity contribution in [3.63, 3.8) is 0 Å². The lowest BCUT2D eigenvalue weighted by atomic mass is 9.86. The van der Waals surface area contributed by atoms with E-state index in [0.717, 1.165) is 25.4 Å². The summed E-state index contributed by atoms with van der Waals surface area (Å²) in [5.74, 6) is 0.556. The zero-order valence-corrected chi connectivity index (χ0v) is 12.5. The van der Waals surface area contributed by atoms with Gasteiger partial charge in [0.15, 0.2) is 0 Å². The molecule has 1 saturated heterocycles. The Balaban J connectivity index is 1.91. The van der Waals surface area contributed by atoms with Crippen LogP contribution in [0.15, 0.2) is 0 Å². The van der Waals surface area contributed by atoms with Crippen LogP contribution in [0.4, 0.5) is 0 Å². The van der Waals surface area contributed by atoms with Gasteiger partial charge in [-0.2, -0.15) is 0 Å². The predicted molar refractivity (Wildman–Crippen MR) is 80.2 cm³/mol. The molecule has 4 heteroatoms. The van der Waals surface area contributed by atoms with Gasteiger partial charge in [0, 0.05) is 19.1 Å². The molecule has 0 unspecified atom stereocenters. The second-order valence-corrected chi connectivity index (χ2v) is 6.71. The van der Waals surface area contributed by atoms with Gasteiger partial charge in [-0.3, -0.25) is 9.69 Å². The van der Waals surface area contributed by atoms with Crippen LogP contribution in [0.2, 0.25) is 6.32 Å². The van der Waals surface area contributed by atoms with Crippen LogP contribution in [0, 0.1) is 17.8 Å². The molecule has 2 atom stereocenters. The van der Waals surface area contributed by atoms with Gasteiger partial charge in [0.2, 0.25) is 0 Å². The van der Waals surface area contributed by atoms with Crippen LogP contribution in [-0.2, 0) is 4.79 Å². The Hall–Kier alpha value is -0.505. The first-order valence-electron chi connectivity index (χ1n) is 8.08. The standard InChI is InChI=1S/C15H28BNO2/c1-11-4-6-13(7-5-11)17-9-12(3-2-8-16)14(10-17)15(18)19/h11-14H,2-10,16H2,1H3,(H,18,19)/t11?,12-,13?,14+/m0/s1. The van der Waals surface area contributed by atoms with E-state index in [1.165, 1.54) is 38.4 Å². The van der Waals surface area contributed by atoms with Crippen LogP contribution in [0.25, 0.3) is 0 Å². The summed E-state index contributed by atoms with van der Waals surface area (Å²) in [6, 6.07) is 0.657. The largest absolute Gasteiger partial charge is 0.481 e. The minimum absolute atomic E-state index is 0.120. The molecule has 1 aliphatic heterocycles. The van der Waals surface area contributed by atoms with Gasteiger partial charge >= 0.3 is 5.97 Å². The summed E-state index contributed by atoms with van der Waals surface area (Å²) in [7, 11) is 2.19. The van der Waals surface area contributed by atoms with Crippen molar-refractivity contribution < 1.29 is 9.90 Å². The molecular weight excluding hydrogens is 237 g/mol. The lowest BCUT2D eigenvalue weighted by Crippen LogP contribution is -2.36. The van der Waals surface area contributed by atoms with Gasteiger partial charge < -0.3 is 5.11 Å². The maximum atomic E-state index is 11.4. The van der Waals surface area contributed by atoms with Gasteiger partial charge in [-0.25, -0.2) is 0 Å². The van der Waals surface area contributed by atoms with Crippen LogP contribution in [0.3, 0.4) is 0 Å². The van der Waals surface area contributed by atoms with E-state index in [2.05, 4.69) is 19.7 Å².